The zero-order valence-electron chi connectivity index (χ0n) is 17.4. The van der Waals surface area contributed by atoms with Crippen LogP contribution >= 0.6 is 11.6 Å². The SMILES string of the molecule is COc1cc([C@@H]2Oc3c(OC)cccc3[C@@H]3CC(c4cc(Cl)ccc4O)=NN32)ccc1O. The molecule has 2 heterocycles. The molecule has 2 atom stereocenters. The molecule has 3 aromatic carbocycles. The van der Waals surface area contributed by atoms with Gasteiger partial charge in [-0.15, -0.1) is 0 Å². The van der Waals surface area contributed by atoms with Crippen molar-refractivity contribution in [2.24, 2.45) is 5.10 Å². The number of hydrogen-bond donors (Lipinski definition) is 2. The lowest BCUT2D eigenvalue weighted by Crippen LogP contribution is -2.33. The predicted octanol–water partition coefficient (Wildman–Crippen LogP) is 5.01. The average molecular weight is 453 g/mol. The van der Waals surface area contributed by atoms with E-state index in [1.54, 1.807) is 43.5 Å². The Balaban J connectivity index is 1.65. The third kappa shape index (κ3) is 3.26. The summed E-state index contributed by atoms with van der Waals surface area (Å²) in [5.41, 5.74) is 2.97. The first kappa shape index (κ1) is 20.3. The number of phenolic OH excluding ortho intramolecular Hbond substituents is 2. The number of para-hydroxylation sites is 1. The van der Waals surface area contributed by atoms with E-state index in [1.165, 1.54) is 7.11 Å². The maximum atomic E-state index is 10.4. The summed E-state index contributed by atoms with van der Waals surface area (Å²) in [6.45, 7) is 0. The number of aromatic hydroxyl groups is 2. The lowest BCUT2D eigenvalue weighted by atomic mass is 9.95. The first-order valence-electron chi connectivity index (χ1n) is 10.1. The van der Waals surface area contributed by atoms with Gasteiger partial charge in [0.15, 0.2) is 23.0 Å². The molecular weight excluding hydrogens is 432 g/mol. The van der Waals surface area contributed by atoms with Crippen LogP contribution in [0.2, 0.25) is 5.02 Å². The number of hydrogen-bond acceptors (Lipinski definition) is 7. The molecular formula is C24H21ClN2O5. The topological polar surface area (TPSA) is 83.8 Å². The van der Waals surface area contributed by atoms with Gasteiger partial charge in [-0.1, -0.05) is 23.7 Å². The Morgan fingerprint density at radius 1 is 1.00 bits per heavy atom. The van der Waals surface area contributed by atoms with Crippen molar-refractivity contribution in [1.82, 2.24) is 5.01 Å². The first-order valence-corrected chi connectivity index (χ1v) is 10.4. The van der Waals surface area contributed by atoms with Gasteiger partial charge < -0.3 is 24.4 Å². The van der Waals surface area contributed by atoms with Crippen LogP contribution in [0.25, 0.3) is 0 Å². The molecule has 32 heavy (non-hydrogen) atoms. The Kier molecular flexibility index (Phi) is 4.98. The third-order valence-corrected chi connectivity index (χ3v) is 5.99. The fourth-order valence-corrected chi connectivity index (χ4v) is 4.39. The highest BCUT2D eigenvalue weighted by atomic mass is 35.5. The van der Waals surface area contributed by atoms with Crippen molar-refractivity contribution in [1.29, 1.82) is 0 Å². The van der Waals surface area contributed by atoms with Gasteiger partial charge in [-0.3, -0.25) is 0 Å². The van der Waals surface area contributed by atoms with Crippen LogP contribution in [-0.4, -0.2) is 35.2 Å². The fourth-order valence-electron chi connectivity index (χ4n) is 4.21. The van der Waals surface area contributed by atoms with E-state index in [0.717, 1.165) is 11.1 Å². The summed E-state index contributed by atoms with van der Waals surface area (Å²) in [5, 5.41) is 27.7. The molecule has 0 spiro atoms. The summed E-state index contributed by atoms with van der Waals surface area (Å²) in [7, 11) is 3.10. The summed E-state index contributed by atoms with van der Waals surface area (Å²) in [6, 6.07) is 15.6. The van der Waals surface area contributed by atoms with Crippen LogP contribution < -0.4 is 14.2 Å². The van der Waals surface area contributed by atoms with Crippen molar-refractivity contribution in [3.8, 4) is 28.7 Å². The van der Waals surface area contributed by atoms with Gasteiger partial charge in [-0.25, -0.2) is 5.01 Å². The van der Waals surface area contributed by atoms with E-state index >= 15 is 0 Å². The number of rotatable bonds is 4. The average Bonchev–Trinajstić information content (AvgIpc) is 3.25. The number of benzene rings is 3. The Labute approximate surface area is 190 Å². The number of phenols is 2. The molecule has 164 valence electrons. The van der Waals surface area contributed by atoms with Crippen molar-refractivity contribution < 1.29 is 24.4 Å². The second-order valence-corrected chi connectivity index (χ2v) is 8.02. The molecule has 2 N–H and O–H groups in total. The Morgan fingerprint density at radius 2 is 1.78 bits per heavy atom. The van der Waals surface area contributed by atoms with Crippen LogP contribution in [0.5, 0.6) is 28.7 Å². The van der Waals surface area contributed by atoms with Gasteiger partial charge in [0.25, 0.3) is 0 Å². The second-order valence-electron chi connectivity index (χ2n) is 7.59. The van der Waals surface area contributed by atoms with Crippen molar-refractivity contribution in [2.45, 2.75) is 18.7 Å². The highest BCUT2D eigenvalue weighted by molar-refractivity contribution is 6.31. The van der Waals surface area contributed by atoms with Crippen LogP contribution in [0, 0.1) is 0 Å². The normalized spacial score (nSPS) is 19.0. The minimum Gasteiger partial charge on any atom is -0.507 e. The predicted molar refractivity (Wildman–Crippen MR) is 120 cm³/mol. The summed E-state index contributed by atoms with van der Waals surface area (Å²) in [5.74, 6) is 1.75. The number of hydrazone groups is 1. The molecule has 0 aliphatic carbocycles. The van der Waals surface area contributed by atoms with Gasteiger partial charge >= 0.3 is 0 Å². The molecule has 0 saturated carbocycles. The minimum absolute atomic E-state index is 0.0380. The van der Waals surface area contributed by atoms with Gasteiger partial charge in [0, 0.05) is 28.1 Å². The van der Waals surface area contributed by atoms with Gasteiger partial charge in [0.1, 0.15) is 5.75 Å². The van der Waals surface area contributed by atoms with Crippen LogP contribution in [0.1, 0.15) is 35.4 Å². The van der Waals surface area contributed by atoms with E-state index < -0.39 is 6.23 Å². The van der Waals surface area contributed by atoms with E-state index in [-0.39, 0.29) is 17.5 Å². The van der Waals surface area contributed by atoms with E-state index in [2.05, 4.69) is 0 Å². The summed E-state index contributed by atoms with van der Waals surface area (Å²) in [4.78, 5) is 0. The van der Waals surface area contributed by atoms with E-state index in [4.69, 9.17) is 30.9 Å². The maximum Gasteiger partial charge on any atom is 0.214 e. The van der Waals surface area contributed by atoms with E-state index in [0.29, 0.717) is 40.0 Å². The van der Waals surface area contributed by atoms with Crippen LogP contribution in [0.15, 0.2) is 59.7 Å². The molecule has 2 aliphatic heterocycles. The molecule has 3 aromatic rings. The minimum atomic E-state index is -0.600. The van der Waals surface area contributed by atoms with Gasteiger partial charge in [-0.05, 0) is 42.5 Å². The van der Waals surface area contributed by atoms with Crippen molar-refractivity contribution in [2.75, 3.05) is 14.2 Å². The molecule has 7 nitrogen and oxygen atoms in total. The van der Waals surface area contributed by atoms with Crippen LogP contribution in [-0.2, 0) is 0 Å². The molecule has 0 bridgehead atoms. The lowest BCUT2D eigenvalue weighted by Gasteiger charge is -2.38. The van der Waals surface area contributed by atoms with Crippen molar-refractivity contribution in [3.63, 3.8) is 0 Å². The van der Waals surface area contributed by atoms with Gasteiger partial charge in [0.05, 0.1) is 26.0 Å². The quantitative estimate of drug-likeness (QED) is 0.579. The molecule has 0 fully saturated rings. The standard InChI is InChI=1S/C24H21ClN2O5/c1-30-21-5-3-4-15-18-12-17(16-11-14(25)7-9-19(16)28)26-27(18)24(32-23(15)21)13-6-8-20(29)22(10-13)31-2/h3-11,18,24,28-29H,12H2,1-2H3/t18-,24-/m0/s1. The van der Waals surface area contributed by atoms with Crippen LogP contribution in [0.3, 0.4) is 0 Å². The number of fused-ring (bicyclic) bond motifs is 3. The largest absolute Gasteiger partial charge is 0.507 e. The van der Waals surface area contributed by atoms with Crippen molar-refractivity contribution in [3.05, 3.63) is 76.3 Å². The number of methoxy groups -OCH3 is 2. The molecule has 0 amide bonds. The smallest absolute Gasteiger partial charge is 0.214 e. The summed E-state index contributed by atoms with van der Waals surface area (Å²) >= 11 is 6.18. The summed E-state index contributed by atoms with van der Waals surface area (Å²) < 4.78 is 17.2. The summed E-state index contributed by atoms with van der Waals surface area (Å²) in [6.07, 6.45) is -0.0551. The van der Waals surface area contributed by atoms with Gasteiger partial charge in [-0.2, -0.15) is 5.10 Å². The highest BCUT2D eigenvalue weighted by Crippen LogP contribution is 2.51. The van der Waals surface area contributed by atoms with Crippen molar-refractivity contribution >= 4 is 17.3 Å². The highest BCUT2D eigenvalue weighted by Gasteiger charge is 2.42. The Hall–Kier alpha value is -3.58. The molecule has 0 saturated heterocycles. The fraction of sp³-hybridized carbons (Fsp3) is 0.208. The molecule has 0 radical (unpaired) electrons. The number of nitrogens with zero attached hydrogens (tertiary/aromatic N) is 2. The molecule has 8 heteroatoms. The molecule has 5 rings (SSSR count). The third-order valence-electron chi connectivity index (χ3n) is 5.76. The zero-order valence-corrected chi connectivity index (χ0v) is 18.2. The van der Waals surface area contributed by atoms with Crippen LogP contribution in [0.4, 0.5) is 0 Å². The monoisotopic (exact) mass is 452 g/mol. The zero-order chi connectivity index (χ0) is 22.4. The lowest BCUT2D eigenvalue weighted by molar-refractivity contribution is -0.0210. The van der Waals surface area contributed by atoms with E-state index in [1.807, 2.05) is 23.2 Å². The van der Waals surface area contributed by atoms with E-state index in [9.17, 15) is 10.2 Å². The number of ether oxygens (including phenoxy) is 3. The number of halogens is 1. The first-order chi connectivity index (χ1) is 15.5. The Morgan fingerprint density at radius 3 is 2.56 bits per heavy atom. The van der Waals surface area contributed by atoms with Gasteiger partial charge in [0.2, 0.25) is 6.23 Å². The molecule has 0 aromatic heterocycles. The maximum absolute atomic E-state index is 10.4. The molecule has 0 unspecified atom stereocenters. The Bertz CT molecular complexity index is 1230. The second kappa shape index (κ2) is 7.84. The molecule has 2 aliphatic rings.